The highest BCUT2D eigenvalue weighted by atomic mass is 35.5. The van der Waals surface area contributed by atoms with Crippen LogP contribution in [0.1, 0.15) is 0 Å². The molecule has 0 radical (unpaired) electrons. The third-order valence-electron chi connectivity index (χ3n) is 1.39. The number of amides is 1. The molecule has 1 saturated heterocycles. The van der Waals surface area contributed by atoms with Crippen molar-refractivity contribution in [2.24, 2.45) is 0 Å². The third kappa shape index (κ3) is 2.41. The molecule has 1 aliphatic rings. The molecule has 0 unspecified atom stereocenters. The van der Waals surface area contributed by atoms with Crippen molar-refractivity contribution in [3.8, 4) is 0 Å². The molecule has 0 spiro atoms. The Morgan fingerprint density at radius 3 is 2.20 bits per heavy atom. The first-order valence-electron chi connectivity index (χ1n) is 2.99. The number of carbonyl (C=O) groups is 1. The second-order valence-electron chi connectivity index (χ2n) is 2.02. The molecule has 0 aromatic heterocycles. The van der Waals surface area contributed by atoms with Crippen LogP contribution in [0.2, 0.25) is 0 Å². The molecule has 1 heterocycles. The highest BCUT2D eigenvalue weighted by Gasteiger charge is 2.13. The van der Waals surface area contributed by atoms with Gasteiger partial charge in [0.15, 0.2) is 0 Å². The average molecular weight is 167 g/mol. The van der Waals surface area contributed by atoms with Gasteiger partial charge in [0.1, 0.15) is 0 Å². The van der Waals surface area contributed by atoms with E-state index >= 15 is 0 Å². The van der Waals surface area contributed by atoms with Gasteiger partial charge >= 0.3 is 6.09 Å². The van der Waals surface area contributed by atoms with Crippen LogP contribution in [0, 0.1) is 0 Å². The molecule has 10 heavy (non-hydrogen) atoms. The summed E-state index contributed by atoms with van der Waals surface area (Å²) >= 11 is 0. The summed E-state index contributed by atoms with van der Waals surface area (Å²) in [6.07, 6.45) is -0.809. The van der Waals surface area contributed by atoms with E-state index < -0.39 is 6.09 Å². The van der Waals surface area contributed by atoms with Gasteiger partial charge in [-0.2, -0.15) is 0 Å². The summed E-state index contributed by atoms with van der Waals surface area (Å²) in [4.78, 5) is 11.7. The lowest BCUT2D eigenvalue weighted by Crippen LogP contribution is -2.45. The summed E-state index contributed by atoms with van der Waals surface area (Å²) in [5, 5.41) is 11.5. The molecule has 0 bridgehead atoms. The van der Waals surface area contributed by atoms with E-state index in [4.69, 9.17) is 5.11 Å². The van der Waals surface area contributed by atoms with E-state index in [0.717, 1.165) is 13.1 Å². The zero-order valence-electron chi connectivity index (χ0n) is 5.54. The molecular weight excluding hydrogens is 156 g/mol. The number of rotatable bonds is 0. The number of hydrogen-bond acceptors (Lipinski definition) is 2. The van der Waals surface area contributed by atoms with Crippen LogP contribution in [0.15, 0.2) is 0 Å². The first-order valence-corrected chi connectivity index (χ1v) is 2.99. The molecule has 1 amide bonds. The molecule has 0 aromatic carbocycles. The number of halogens is 1. The van der Waals surface area contributed by atoms with E-state index in [-0.39, 0.29) is 12.4 Å². The Morgan fingerprint density at radius 2 is 1.90 bits per heavy atom. The van der Waals surface area contributed by atoms with E-state index in [1.165, 1.54) is 4.90 Å². The van der Waals surface area contributed by atoms with Gasteiger partial charge in [0.2, 0.25) is 0 Å². The molecule has 1 aliphatic heterocycles. The van der Waals surface area contributed by atoms with Crippen LogP contribution in [0.3, 0.4) is 0 Å². The van der Waals surface area contributed by atoms with Gasteiger partial charge in [-0.15, -0.1) is 12.4 Å². The van der Waals surface area contributed by atoms with Crippen LogP contribution in [-0.2, 0) is 0 Å². The number of nitrogens with zero attached hydrogens (tertiary/aromatic N) is 1. The Labute approximate surface area is 65.6 Å². The normalized spacial score (nSPS) is 17.8. The predicted octanol–water partition coefficient (Wildman–Crippen LogP) is -0.00860. The predicted molar refractivity (Wildman–Crippen MR) is 39.7 cm³/mol. The minimum Gasteiger partial charge on any atom is -0.465 e. The fraction of sp³-hybridized carbons (Fsp3) is 0.800. The Morgan fingerprint density at radius 1 is 1.40 bits per heavy atom. The van der Waals surface area contributed by atoms with Gasteiger partial charge in [-0.1, -0.05) is 0 Å². The van der Waals surface area contributed by atoms with Gasteiger partial charge in [-0.25, -0.2) is 4.79 Å². The quantitative estimate of drug-likeness (QED) is 0.532. The summed E-state index contributed by atoms with van der Waals surface area (Å²) in [5.74, 6) is 0. The number of nitrogens with one attached hydrogen (secondary N) is 1. The van der Waals surface area contributed by atoms with Crippen LogP contribution in [0.4, 0.5) is 4.79 Å². The van der Waals surface area contributed by atoms with Crippen molar-refractivity contribution in [3.05, 3.63) is 0 Å². The maximum absolute atomic E-state index is 10.3. The van der Waals surface area contributed by atoms with Gasteiger partial charge in [0.05, 0.1) is 0 Å². The first-order chi connectivity index (χ1) is 4.30. The summed E-state index contributed by atoms with van der Waals surface area (Å²) in [5.41, 5.74) is 0. The van der Waals surface area contributed by atoms with E-state index in [2.05, 4.69) is 5.32 Å². The largest absolute Gasteiger partial charge is 0.465 e. The van der Waals surface area contributed by atoms with Crippen molar-refractivity contribution in [2.75, 3.05) is 26.2 Å². The summed E-state index contributed by atoms with van der Waals surface area (Å²) in [6, 6.07) is 0. The molecule has 1 rings (SSSR count). The Balaban J connectivity index is 0.000000810. The SMILES string of the molecule is Cl.O=C(O)N1CCNCC1. The summed E-state index contributed by atoms with van der Waals surface area (Å²) in [7, 11) is 0. The molecule has 0 aliphatic carbocycles. The maximum atomic E-state index is 10.3. The van der Waals surface area contributed by atoms with E-state index in [9.17, 15) is 4.79 Å². The zero-order chi connectivity index (χ0) is 6.69. The second-order valence-corrected chi connectivity index (χ2v) is 2.02. The van der Waals surface area contributed by atoms with Crippen molar-refractivity contribution in [2.45, 2.75) is 0 Å². The molecule has 5 heteroatoms. The number of carboxylic acid groups (broad SMARTS) is 1. The van der Waals surface area contributed by atoms with E-state index in [0.29, 0.717) is 13.1 Å². The van der Waals surface area contributed by atoms with Crippen molar-refractivity contribution >= 4 is 18.5 Å². The minimum absolute atomic E-state index is 0. The highest BCUT2D eigenvalue weighted by molar-refractivity contribution is 5.85. The zero-order valence-corrected chi connectivity index (χ0v) is 6.36. The van der Waals surface area contributed by atoms with Crippen molar-refractivity contribution < 1.29 is 9.90 Å². The molecule has 0 atom stereocenters. The van der Waals surface area contributed by atoms with Crippen molar-refractivity contribution in [1.82, 2.24) is 10.2 Å². The highest BCUT2D eigenvalue weighted by Crippen LogP contribution is 1.90. The summed E-state index contributed by atoms with van der Waals surface area (Å²) in [6.45, 7) is 2.81. The molecule has 4 nitrogen and oxygen atoms in total. The van der Waals surface area contributed by atoms with Crippen LogP contribution >= 0.6 is 12.4 Å². The van der Waals surface area contributed by atoms with Crippen LogP contribution < -0.4 is 5.32 Å². The Bertz CT molecular complexity index is 114. The standard InChI is InChI=1S/C5H10N2O2.ClH/c8-5(9)7-3-1-6-2-4-7;/h6H,1-4H2,(H,8,9);1H. The van der Waals surface area contributed by atoms with Crippen LogP contribution in [0.25, 0.3) is 0 Å². The molecule has 1 fully saturated rings. The molecule has 0 aromatic rings. The molecule has 60 valence electrons. The van der Waals surface area contributed by atoms with Gasteiger partial charge in [-0.3, -0.25) is 0 Å². The molecule has 0 saturated carbocycles. The smallest absolute Gasteiger partial charge is 0.407 e. The minimum atomic E-state index is -0.809. The molecule has 2 N–H and O–H groups in total. The van der Waals surface area contributed by atoms with Gasteiger partial charge in [0, 0.05) is 26.2 Å². The maximum Gasteiger partial charge on any atom is 0.407 e. The van der Waals surface area contributed by atoms with Crippen LogP contribution in [-0.4, -0.2) is 42.3 Å². The van der Waals surface area contributed by atoms with E-state index in [1.54, 1.807) is 0 Å². The number of hydrogen-bond donors (Lipinski definition) is 2. The summed E-state index contributed by atoms with van der Waals surface area (Å²) < 4.78 is 0. The number of piperazine rings is 1. The lowest BCUT2D eigenvalue weighted by atomic mass is 10.4. The van der Waals surface area contributed by atoms with Gasteiger partial charge < -0.3 is 15.3 Å². The lowest BCUT2D eigenvalue weighted by molar-refractivity contribution is 0.139. The van der Waals surface area contributed by atoms with E-state index in [1.807, 2.05) is 0 Å². The van der Waals surface area contributed by atoms with Crippen molar-refractivity contribution in [3.63, 3.8) is 0 Å². The lowest BCUT2D eigenvalue weighted by Gasteiger charge is -2.23. The third-order valence-corrected chi connectivity index (χ3v) is 1.39. The van der Waals surface area contributed by atoms with Gasteiger partial charge in [0.25, 0.3) is 0 Å². The monoisotopic (exact) mass is 166 g/mol. The first kappa shape index (κ1) is 9.52. The Kier molecular flexibility index (Phi) is 4.14. The average Bonchev–Trinajstić information content (AvgIpc) is 1.90. The van der Waals surface area contributed by atoms with Gasteiger partial charge in [-0.05, 0) is 0 Å². The second kappa shape index (κ2) is 4.35. The Hall–Kier alpha value is -0.480. The van der Waals surface area contributed by atoms with Crippen LogP contribution in [0.5, 0.6) is 0 Å². The fourth-order valence-electron chi connectivity index (χ4n) is 0.856. The topological polar surface area (TPSA) is 52.6 Å². The fourth-order valence-corrected chi connectivity index (χ4v) is 0.856. The van der Waals surface area contributed by atoms with Crippen molar-refractivity contribution in [1.29, 1.82) is 0 Å². The molecular formula is C5H11ClN2O2.